The van der Waals surface area contributed by atoms with E-state index in [0.29, 0.717) is 0 Å². The van der Waals surface area contributed by atoms with E-state index in [0.717, 1.165) is 22.0 Å². The number of rotatable bonds is 4. The van der Waals surface area contributed by atoms with Crippen LogP contribution in [0.1, 0.15) is 26.3 Å². The van der Waals surface area contributed by atoms with Crippen molar-refractivity contribution in [3.8, 4) is 0 Å². The van der Waals surface area contributed by atoms with Gasteiger partial charge in [-0.2, -0.15) is 0 Å². The number of hydrogen-bond donors (Lipinski definition) is 0. The molecule has 1 aromatic rings. The zero-order chi connectivity index (χ0) is 14.0. The quantitative estimate of drug-likeness (QED) is 0.589. The molecule has 102 valence electrons. The van der Waals surface area contributed by atoms with Crippen LogP contribution in [-0.4, -0.2) is 14.9 Å². The Hall–Kier alpha value is 0.357. The van der Waals surface area contributed by atoms with E-state index in [4.69, 9.17) is 4.43 Å². The first-order chi connectivity index (χ1) is 8.12. The van der Waals surface area contributed by atoms with Crippen molar-refractivity contribution < 1.29 is 4.43 Å². The van der Waals surface area contributed by atoms with Crippen LogP contribution in [-0.2, 0) is 10.8 Å². The molecule has 18 heavy (non-hydrogen) atoms. The van der Waals surface area contributed by atoms with E-state index in [1.165, 1.54) is 5.56 Å². The lowest BCUT2D eigenvalue weighted by Crippen LogP contribution is -2.41. The molecule has 0 saturated heterocycles. The summed E-state index contributed by atoms with van der Waals surface area (Å²) in [5.41, 5.74) is 1.30. The highest BCUT2D eigenvalue weighted by atomic mass is 79.9. The highest BCUT2D eigenvalue weighted by molar-refractivity contribution is 9.11. The molecular weight excluding hydrogens is 372 g/mol. The summed E-state index contributed by atoms with van der Waals surface area (Å²) in [6.45, 7) is 12.2. The van der Waals surface area contributed by atoms with Gasteiger partial charge in [0.05, 0.1) is 0 Å². The Morgan fingerprint density at radius 3 is 2.00 bits per heavy atom. The molecule has 0 unspecified atom stereocenters. The molecule has 0 aromatic heterocycles. The van der Waals surface area contributed by atoms with Crippen molar-refractivity contribution in [2.45, 2.75) is 45.3 Å². The fraction of sp³-hybridized carbons (Fsp3) is 0.571. The topological polar surface area (TPSA) is 9.23 Å². The fourth-order valence-corrected chi connectivity index (χ4v) is 3.83. The van der Waals surface area contributed by atoms with Crippen molar-refractivity contribution in [2.75, 3.05) is 6.61 Å². The Morgan fingerprint density at radius 2 is 1.56 bits per heavy atom. The van der Waals surface area contributed by atoms with Crippen LogP contribution in [0.25, 0.3) is 0 Å². The SMILES string of the molecule is CC(C)(C)[Si](C)(C)OCCc1cc(Br)cc(Br)c1. The van der Waals surface area contributed by atoms with Gasteiger partial charge in [0.2, 0.25) is 0 Å². The van der Waals surface area contributed by atoms with Gasteiger partial charge in [-0.1, -0.05) is 52.6 Å². The Kier molecular flexibility index (Phi) is 5.66. The standard InChI is InChI=1S/C14H22Br2OSi/c1-14(2,3)18(4,5)17-7-6-11-8-12(15)10-13(16)9-11/h8-10H,6-7H2,1-5H3. The minimum Gasteiger partial charge on any atom is -0.416 e. The van der Waals surface area contributed by atoms with Gasteiger partial charge in [-0.05, 0) is 48.3 Å². The van der Waals surface area contributed by atoms with Crippen LogP contribution in [0, 0.1) is 0 Å². The van der Waals surface area contributed by atoms with Crippen molar-refractivity contribution in [1.82, 2.24) is 0 Å². The van der Waals surface area contributed by atoms with E-state index < -0.39 is 8.32 Å². The lowest BCUT2D eigenvalue weighted by Gasteiger charge is -2.36. The molecule has 0 spiro atoms. The Labute approximate surface area is 129 Å². The van der Waals surface area contributed by atoms with Crippen LogP contribution in [0.3, 0.4) is 0 Å². The number of benzene rings is 1. The van der Waals surface area contributed by atoms with Gasteiger partial charge in [-0.3, -0.25) is 0 Å². The molecule has 0 bridgehead atoms. The van der Waals surface area contributed by atoms with Gasteiger partial charge in [0.1, 0.15) is 0 Å². The summed E-state index contributed by atoms with van der Waals surface area (Å²) < 4.78 is 8.41. The first kappa shape index (κ1) is 16.4. The van der Waals surface area contributed by atoms with E-state index in [-0.39, 0.29) is 5.04 Å². The predicted molar refractivity (Wildman–Crippen MR) is 88.7 cm³/mol. The molecule has 0 aliphatic rings. The maximum atomic E-state index is 6.19. The van der Waals surface area contributed by atoms with E-state index in [2.05, 4.69) is 83.9 Å². The fourth-order valence-electron chi connectivity index (χ4n) is 1.40. The molecule has 0 radical (unpaired) electrons. The van der Waals surface area contributed by atoms with Gasteiger partial charge in [0, 0.05) is 15.6 Å². The van der Waals surface area contributed by atoms with Gasteiger partial charge >= 0.3 is 0 Å². The van der Waals surface area contributed by atoms with E-state index in [9.17, 15) is 0 Å². The Bertz CT molecular complexity index is 390. The van der Waals surface area contributed by atoms with Crippen LogP contribution in [0.2, 0.25) is 18.1 Å². The second kappa shape index (κ2) is 6.20. The second-order valence-corrected chi connectivity index (χ2v) is 12.8. The molecule has 0 heterocycles. The summed E-state index contributed by atoms with van der Waals surface area (Å²) in [4.78, 5) is 0. The number of halogens is 2. The summed E-state index contributed by atoms with van der Waals surface area (Å²) >= 11 is 7.03. The normalized spacial score (nSPS) is 12.8. The molecule has 0 saturated carbocycles. The molecule has 0 atom stereocenters. The molecular formula is C14H22Br2OSi. The van der Waals surface area contributed by atoms with Crippen LogP contribution in [0.5, 0.6) is 0 Å². The molecule has 0 fully saturated rings. The zero-order valence-electron chi connectivity index (χ0n) is 11.8. The highest BCUT2D eigenvalue weighted by Gasteiger charge is 2.36. The van der Waals surface area contributed by atoms with Gasteiger partial charge in [0.25, 0.3) is 0 Å². The third kappa shape index (κ3) is 4.80. The second-order valence-electron chi connectivity index (χ2n) is 6.14. The van der Waals surface area contributed by atoms with Crippen LogP contribution >= 0.6 is 31.9 Å². The molecule has 1 rings (SSSR count). The summed E-state index contributed by atoms with van der Waals surface area (Å²) in [6, 6.07) is 6.36. The lowest BCUT2D eigenvalue weighted by atomic mass is 10.2. The largest absolute Gasteiger partial charge is 0.416 e. The number of hydrogen-bond acceptors (Lipinski definition) is 1. The summed E-state index contributed by atoms with van der Waals surface area (Å²) in [7, 11) is -1.61. The maximum Gasteiger partial charge on any atom is 0.191 e. The average Bonchev–Trinajstić information content (AvgIpc) is 2.13. The third-order valence-electron chi connectivity index (χ3n) is 3.58. The first-order valence-electron chi connectivity index (χ1n) is 6.21. The summed E-state index contributed by atoms with van der Waals surface area (Å²) in [5.74, 6) is 0. The van der Waals surface area contributed by atoms with Gasteiger partial charge < -0.3 is 4.43 Å². The highest BCUT2D eigenvalue weighted by Crippen LogP contribution is 2.36. The van der Waals surface area contributed by atoms with Crippen LogP contribution < -0.4 is 0 Å². The van der Waals surface area contributed by atoms with Gasteiger partial charge in [0.15, 0.2) is 8.32 Å². The molecule has 0 aliphatic heterocycles. The van der Waals surface area contributed by atoms with E-state index in [1.807, 2.05) is 0 Å². The monoisotopic (exact) mass is 392 g/mol. The summed E-state index contributed by atoms with van der Waals surface area (Å²) in [5, 5.41) is 0.283. The van der Waals surface area contributed by atoms with Crippen molar-refractivity contribution in [3.05, 3.63) is 32.7 Å². The van der Waals surface area contributed by atoms with E-state index >= 15 is 0 Å². The van der Waals surface area contributed by atoms with Crippen molar-refractivity contribution in [2.24, 2.45) is 0 Å². The molecule has 0 amide bonds. The van der Waals surface area contributed by atoms with Crippen LogP contribution in [0.4, 0.5) is 0 Å². The van der Waals surface area contributed by atoms with Gasteiger partial charge in [-0.25, -0.2) is 0 Å². The molecule has 0 aliphatic carbocycles. The predicted octanol–water partition coefficient (Wildman–Crippen LogP) is 5.78. The van der Waals surface area contributed by atoms with Crippen LogP contribution in [0.15, 0.2) is 27.1 Å². The Balaban J connectivity index is 2.57. The molecule has 1 nitrogen and oxygen atoms in total. The van der Waals surface area contributed by atoms with Crippen molar-refractivity contribution in [1.29, 1.82) is 0 Å². The maximum absolute atomic E-state index is 6.19. The smallest absolute Gasteiger partial charge is 0.191 e. The lowest BCUT2D eigenvalue weighted by molar-refractivity contribution is 0.292. The molecule has 1 aromatic carbocycles. The molecule has 4 heteroatoms. The minimum absolute atomic E-state index is 0.283. The van der Waals surface area contributed by atoms with E-state index in [1.54, 1.807) is 0 Å². The summed E-state index contributed by atoms with van der Waals surface area (Å²) in [6.07, 6.45) is 0.963. The first-order valence-corrected chi connectivity index (χ1v) is 10.7. The average molecular weight is 394 g/mol. The van der Waals surface area contributed by atoms with Crippen molar-refractivity contribution >= 4 is 40.2 Å². The van der Waals surface area contributed by atoms with Gasteiger partial charge in [-0.15, -0.1) is 0 Å². The third-order valence-corrected chi connectivity index (χ3v) is 9.04. The zero-order valence-corrected chi connectivity index (χ0v) is 16.0. The minimum atomic E-state index is -1.61. The Morgan fingerprint density at radius 1 is 1.06 bits per heavy atom. The molecule has 0 N–H and O–H groups in total. The van der Waals surface area contributed by atoms with Crippen molar-refractivity contribution in [3.63, 3.8) is 0 Å².